The SMILES string of the molecule is N#Cc1c(F)cccc1NC(=O)NOCC(=O)O. The summed E-state index contributed by atoms with van der Waals surface area (Å²) in [5.41, 5.74) is 1.40. The fraction of sp³-hybridized carbons (Fsp3) is 0.100. The average molecular weight is 253 g/mol. The number of benzene rings is 1. The highest BCUT2D eigenvalue weighted by molar-refractivity contribution is 5.90. The lowest BCUT2D eigenvalue weighted by Crippen LogP contribution is -2.31. The number of nitrogens with one attached hydrogen (secondary N) is 2. The quantitative estimate of drug-likeness (QED) is 0.688. The second kappa shape index (κ2) is 6.17. The number of carbonyl (C=O) groups excluding carboxylic acids is 1. The fourth-order valence-electron chi connectivity index (χ4n) is 1.05. The molecule has 0 unspecified atom stereocenters. The molecular weight excluding hydrogens is 245 g/mol. The molecule has 2 amide bonds. The predicted molar refractivity (Wildman–Crippen MR) is 56.9 cm³/mol. The van der Waals surface area contributed by atoms with Crippen molar-refractivity contribution in [1.29, 1.82) is 5.26 Å². The van der Waals surface area contributed by atoms with E-state index in [1.165, 1.54) is 12.1 Å². The Kier molecular flexibility index (Phi) is 4.59. The number of carboxylic acids is 1. The highest BCUT2D eigenvalue weighted by atomic mass is 19.1. The molecular formula is C10H8FN3O4. The molecule has 18 heavy (non-hydrogen) atoms. The topological polar surface area (TPSA) is 111 Å². The summed E-state index contributed by atoms with van der Waals surface area (Å²) in [6.45, 7) is -0.721. The molecule has 0 atom stereocenters. The molecule has 94 valence electrons. The van der Waals surface area contributed by atoms with Crippen LogP contribution < -0.4 is 10.8 Å². The van der Waals surface area contributed by atoms with Gasteiger partial charge in [0.25, 0.3) is 0 Å². The molecule has 0 saturated carbocycles. The molecule has 8 heteroatoms. The molecule has 0 fully saturated rings. The number of hydrogen-bond acceptors (Lipinski definition) is 4. The Balaban J connectivity index is 2.63. The number of nitrogens with zero attached hydrogens (tertiary/aromatic N) is 1. The first kappa shape index (κ1) is 13.4. The van der Waals surface area contributed by atoms with Gasteiger partial charge in [-0.25, -0.2) is 19.5 Å². The summed E-state index contributed by atoms with van der Waals surface area (Å²) in [7, 11) is 0. The molecule has 3 N–H and O–H groups in total. The molecule has 0 aliphatic rings. The van der Waals surface area contributed by atoms with Crippen molar-refractivity contribution in [2.45, 2.75) is 0 Å². The Morgan fingerprint density at radius 1 is 1.50 bits per heavy atom. The Morgan fingerprint density at radius 3 is 2.83 bits per heavy atom. The van der Waals surface area contributed by atoms with E-state index < -0.39 is 24.4 Å². The molecule has 0 aliphatic carbocycles. The molecule has 1 rings (SSSR count). The van der Waals surface area contributed by atoms with E-state index in [-0.39, 0.29) is 11.3 Å². The molecule has 7 nitrogen and oxygen atoms in total. The van der Waals surface area contributed by atoms with Crippen LogP contribution in [0.25, 0.3) is 0 Å². The third-order valence-corrected chi connectivity index (χ3v) is 1.73. The maximum Gasteiger partial charge on any atom is 0.343 e. The number of rotatable bonds is 4. The van der Waals surface area contributed by atoms with Gasteiger partial charge in [0.2, 0.25) is 0 Å². The largest absolute Gasteiger partial charge is 0.479 e. The third kappa shape index (κ3) is 3.73. The zero-order valence-corrected chi connectivity index (χ0v) is 8.94. The van der Waals surface area contributed by atoms with E-state index in [1.807, 2.05) is 0 Å². The minimum absolute atomic E-state index is 0.0473. The Hall–Kier alpha value is -2.66. The van der Waals surface area contributed by atoms with E-state index in [0.29, 0.717) is 0 Å². The van der Waals surface area contributed by atoms with Crippen LogP contribution >= 0.6 is 0 Å². The first-order chi connectivity index (χ1) is 8.54. The van der Waals surface area contributed by atoms with Crippen molar-refractivity contribution in [3.05, 3.63) is 29.6 Å². The van der Waals surface area contributed by atoms with Crippen LogP contribution in [-0.2, 0) is 9.63 Å². The normalized spacial score (nSPS) is 9.33. The van der Waals surface area contributed by atoms with Gasteiger partial charge in [-0.15, -0.1) is 0 Å². The van der Waals surface area contributed by atoms with E-state index in [4.69, 9.17) is 10.4 Å². The van der Waals surface area contributed by atoms with Crippen LogP contribution in [0.15, 0.2) is 18.2 Å². The second-order valence-electron chi connectivity index (χ2n) is 3.01. The second-order valence-corrected chi connectivity index (χ2v) is 3.01. The molecule has 0 spiro atoms. The summed E-state index contributed by atoms with van der Waals surface area (Å²) >= 11 is 0. The van der Waals surface area contributed by atoms with Crippen LogP contribution in [0.2, 0.25) is 0 Å². The smallest absolute Gasteiger partial charge is 0.343 e. The standard InChI is InChI=1S/C10H8FN3O4/c11-7-2-1-3-8(6(7)4-12)13-10(17)14-18-5-9(15)16/h1-3H,5H2,(H,15,16)(H2,13,14,17). The van der Waals surface area contributed by atoms with E-state index in [9.17, 15) is 14.0 Å². The molecule has 0 aromatic heterocycles. The number of amides is 2. The summed E-state index contributed by atoms with van der Waals surface area (Å²) in [5, 5.41) is 19.1. The van der Waals surface area contributed by atoms with Gasteiger partial charge in [0.1, 0.15) is 17.4 Å². The molecule has 1 aromatic rings. The van der Waals surface area contributed by atoms with Crippen LogP contribution in [0, 0.1) is 17.1 Å². The van der Waals surface area contributed by atoms with Gasteiger partial charge in [-0.1, -0.05) is 6.07 Å². The summed E-state index contributed by atoms with van der Waals surface area (Å²) in [6.07, 6.45) is 0. The van der Waals surface area contributed by atoms with E-state index in [1.54, 1.807) is 11.5 Å². The van der Waals surface area contributed by atoms with Crippen LogP contribution in [0.5, 0.6) is 0 Å². The lowest BCUT2D eigenvalue weighted by Gasteiger charge is -2.08. The monoisotopic (exact) mass is 253 g/mol. The number of carboxylic acid groups (broad SMARTS) is 1. The van der Waals surface area contributed by atoms with E-state index in [2.05, 4.69) is 10.2 Å². The summed E-state index contributed by atoms with van der Waals surface area (Å²) < 4.78 is 13.2. The van der Waals surface area contributed by atoms with E-state index in [0.717, 1.165) is 6.07 Å². The molecule has 1 aromatic carbocycles. The first-order valence-electron chi connectivity index (χ1n) is 4.63. The number of anilines is 1. The number of aliphatic carboxylic acids is 1. The van der Waals surface area contributed by atoms with Crippen molar-refractivity contribution < 1.29 is 23.9 Å². The minimum Gasteiger partial charge on any atom is -0.479 e. The third-order valence-electron chi connectivity index (χ3n) is 1.73. The molecule has 0 heterocycles. The van der Waals surface area contributed by atoms with Crippen molar-refractivity contribution >= 4 is 17.7 Å². The van der Waals surface area contributed by atoms with Crippen molar-refractivity contribution in [1.82, 2.24) is 5.48 Å². The van der Waals surface area contributed by atoms with E-state index >= 15 is 0 Å². The zero-order chi connectivity index (χ0) is 13.5. The van der Waals surface area contributed by atoms with Gasteiger partial charge in [0.05, 0.1) is 5.69 Å². The first-order valence-corrected chi connectivity index (χ1v) is 4.63. The van der Waals surface area contributed by atoms with Crippen molar-refractivity contribution in [3.63, 3.8) is 0 Å². The summed E-state index contributed by atoms with van der Waals surface area (Å²) in [5.74, 6) is -2.04. The van der Waals surface area contributed by atoms with Crippen LogP contribution in [0.4, 0.5) is 14.9 Å². The van der Waals surface area contributed by atoms with Gasteiger partial charge in [0.15, 0.2) is 6.61 Å². The molecule has 0 saturated heterocycles. The molecule has 0 radical (unpaired) electrons. The Bertz CT molecular complexity index is 512. The highest BCUT2D eigenvalue weighted by Crippen LogP contribution is 2.17. The number of urea groups is 1. The minimum atomic E-state index is -1.27. The Morgan fingerprint density at radius 2 is 2.22 bits per heavy atom. The Labute approximate surface area is 101 Å². The summed E-state index contributed by atoms with van der Waals surface area (Å²) in [6, 6.07) is 4.37. The summed E-state index contributed by atoms with van der Waals surface area (Å²) in [4.78, 5) is 25.6. The maximum atomic E-state index is 13.2. The lowest BCUT2D eigenvalue weighted by molar-refractivity contribution is -0.143. The van der Waals surface area contributed by atoms with Gasteiger partial charge in [-0.05, 0) is 12.1 Å². The van der Waals surface area contributed by atoms with Crippen molar-refractivity contribution in [3.8, 4) is 6.07 Å². The number of halogens is 1. The molecule has 0 bridgehead atoms. The lowest BCUT2D eigenvalue weighted by atomic mass is 10.2. The molecule has 0 aliphatic heterocycles. The van der Waals surface area contributed by atoms with Crippen LogP contribution in [0.1, 0.15) is 5.56 Å². The van der Waals surface area contributed by atoms with Gasteiger partial charge in [-0.2, -0.15) is 5.26 Å². The van der Waals surface area contributed by atoms with Gasteiger partial charge < -0.3 is 10.4 Å². The maximum absolute atomic E-state index is 13.2. The van der Waals surface area contributed by atoms with Crippen LogP contribution in [-0.4, -0.2) is 23.7 Å². The average Bonchev–Trinajstić information content (AvgIpc) is 2.28. The van der Waals surface area contributed by atoms with Gasteiger partial charge in [-0.3, -0.25) is 4.84 Å². The number of carbonyl (C=O) groups is 2. The van der Waals surface area contributed by atoms with Crippen molar-refractivity contribution in [2.24, 2.45) is 0 Å². The predicted octanol–water partition coefficient (Wildman–Crippen LogP) is 0.835. The fourth-order valence-corrected chi connectivity index (χ4v) is 1.05. The zero-order valence-electron chi connectivity index (χ0n) is 8.94. The van der Waals surface area contributed by atoms with Gasteiger partial charge >= 0.3 is 12.0 Å². The van der Waals surface area contributed by atoms with Crippen LogP contribution in [0.3, 0.4) is 0 Å². The van der Waals surface area contributed by atoms with Gasteiger partial charge in [0, 0.05) is 0 Å². The number of nitriles is 1. The number of hydroxylamine groups is 1. The number of hydrogen-bond donors (Lipinski definition) is 3. The van der Waals surface area contributed by atoms with Crippen molar-refractivity contribution in [2.75, 3.05) is 11.9 Å². The highest BCUT2D eigenvalue weighted by Gasteiger charge is 2.10.